The Bertz CT molecular complexity index is 1530. The fourth-order valence-corrected chi connectivity index (χ4v) is 5.10. The molecule has 0 saturated carbocycles. The average molecular weight is 487 g/mol. The van der Waals surface area contributed by atoms with Crippen LogP contribution in [-0.2, 0) is 16.1 Å². The number of rotatable bonds is 7. The van der Waals surface area contributed by atoms with Gasteiger partial charge in [0.25, 0.3) is 11.8 Å². The van der Waals surface area contributed by atoms with Crippen LogP contribution in [0.25, 0.3) is 33.0 Å². The molecule has 0 spiro atoms. The van der Waals surface area contributed by atoms with Crippen molar-refractivity contribution in [2.24, 2.45) is 5.73 Å². The Balaban J connectivity index is 1.68. The van der Waals surface area contributed by atoms with Gasteiger partial charge in [-0.1, -0.05) is 36.0 Å². The number of fused-ring (bicyclic) bond motifs is 2. The molecule has 0 saturated heterocycles. The Morgan fingerprint density at radius 3 is 2.54 bits per heavy atom. The van der Waals surface area contributed by atoms with Crippen LogP contribution in [0.5, 0.6) is 0 Å². The van der Waals surface area contributed by atoms with Crippen molar-refractivity contribution in [1.82, 2.24) is 14.9 Å². The molecule has 1 aliphatic rings. The Kier molecular flexibility index (Phi) is 5.86. The first-order chi connectivity index (χ1) is 16.8. The van der Waals surface area contributed by atoms with Crippen molar-refractivity contribution < 1.29 is 9.59 Å². The standard InChI is InChI=1S/C26H26N6O2S/c1-31(2)15-8-9-17-19(14-32(21(17)12-15)10-5-11-35-26(27)28)23-22(24(33)30-25(23)34)18-13-29-20-7-4-3-6-16(18)20/h3-4,6-9,12-14,29H,5,10-11H2,1-2H3,(H3,27,28)(H,30,33,34). The number of nitrogens with one attached hydrogen (secondary N) is 3. The van der Waals surface area contributed by atoms with E-state index in [-0.39, 0.29) is 5.17 Å². The summed E-state index contributed by atoms with van der Waals surface area (Å²) < 4.78 is 2.12. The molecule has 5 N–H and O–H groups in total. The van der Waals surface area contributed by atoms with Crippen LogP contribution in [0, 0.1) is 5.41 Å². The van der Waals surface area contributed by atoms with E-state index in [1.54, 1.807) is 6.20 Å². The molecule has 2 aromatic carbocycles. The second-order valence-corrected chi connectivity index (χ2v) is 9.82. The fraction of sp³-hybridized carbons (Fsp3) is 0.192. The topological polar surface area (TPSA) is 120 Å². The Labute approximate surface area is 206 Å². The van der Waals surface area contributed by atoms with Crippen LogP contribution in [0.2, 0.25) is 0 Å². The monoisotopic (exact) mass is 486 g/mol. The third-order valence-corrected chi connectivity index (χ3v) is 7.05. The van der Waals surface area contributed by atoms with Crippen LogP contribution < -0.4 is 16.0 Å². The van der Waals surface area contributed by atoms with E-state index in [0.717, 1.165) is 45.2 Å². The summed E-state index contributed by atoms with van der Waals surface area (Å²) in [7, 11) is 3.97. The largest absolute Gasteiger partial charge is 0.379 e. The molecular weight excluding hydrogens is 460 g/mol. The van der Waals surface area contributed by atoms with E-state index < -0.39 is 11.8 Å². The van der Waals surface area contributed by atoms with Crippen LogP contribution in [0.4, 0.5) is 5.69 Å². The van der Waals surface area contributed by atoms with Gasteiger partial charge in [-0.25, -0.2) is 0 Å². The summed E-state index contributed by atoms with van der Waals surface area (Å²) in [5, 5.41) is 11.9. The van der Waals surface area contributed by atoms with Crippen molar-refractivity contribution in [3.05, 3.63) is 66.0 Å². The van der Waals surface area contributed by atoms with Crippen LogP contribution in [0.15, 0.2) is 54.9 Å². The highest BCUT2D eigenvalue weighted by Gasteiger charge is 2.35. The summed E-state index contributed by atoms with van der Waals surface area (Å²) in [6.07, 6.45) is 4.56. The highest BCUT2D eigenvalue weighted by molar-refractivity contribution is 8.13. The summed E-state index contributed by atoms with van der Waals surface area (Å²) in [5.74, 6) is -0.0588. The van der Waals surface area contributed by atoms with Gasteiger partial charge in [-0.3, -0.25) is 20.3 Å². The number of carbonyl (C=O) groups excluding carboxylic acids is 2. The number of thioether (sulfide) groups is 1. The molecule has 0 bridgehead atoms. The van der Waals surface area contributed by atoms with E-state index in [0.29, 0.717) is 23.3 Å². The van der Waals surface area contributed by atoms with Crippen molar-refractivity contribution in [1.29, 1.82) is 5.41 Å². The highest BCUT2D eigenvalue weighted by Crippen LogP contribution is 2.39. The van der Waals surface area contributed by atoms with Crippen LogP contribution in [-0.4, -0.2) is 46.4 Å². The molecule has 3 heterocycles. The van der Waals surface area contributed by atoms with Crippen molar-refractivity contribution in [2.75, 3.05) is 24.7 Å². The number of carbonyl (C=O) groups is 2. The van der Waals surface area contributed by atoms with Crippen molar-refractivity contribution in [2.45, 2.75) is 13.0 Å². The van der Waals surface area contributed by atoms with Crippen molar-refractivity contribution >= 4 is 67.4 Å². The number of para-hydroxylation sites is 1. The second kappa shape index (κ2) is 8.99. The molecule has 0 atom stereocenters. The normalized spacial score (nSPS) is 13.8. The number of imide groups is 1. The highest BCUT2D eigenvalue weighted by atomic mass is 32.2. The molecule has 2 aromatic heterocycles. The van der Waals surface area contributed by atoms with Crippen LogP contribution in [0.1, 0.15) is 17.5 Å². The number of benzene rings is 2. The number of anilines is 1. The maximum absolute atomic E-state index is 13.1. The van der Waals surface area contributed by atoms with E-state index in [2.05, 4.69) is 20.9 Å². The summed E-state index contributed by atoms with van der Waals surface area (Å²) in [6.45, 7) is 0.693. The average Bonchev–Trinajstić information content (AvgIpc) is 3.49. The number of hydrogen-bond acceptors (Lipinski definition) is 5. The molecule has 8 nitrogen and oxygen atoms in total. The Hall–Kier alpha value is -3.98. The Morgan fingerprint density at radius 2 is 1.80 bits per heavy atom. The SMILES string of the molecule is CN(C)c1ccc2c(C3=C(c4c[nH]c5ccccc45)C(=O)NC3=O)cn(CCCSC(=N)N)c2c1. The van der Waals surface area contributed by atoms with E-state index in [1.165, 1.54) is 11.8 Å². The lowest BCUT2D eigenvalue weighted by Crippen LogP contribution is -2.22. The van der Waals surface area contributed by atoms with Gasteiger partial charge in [0.1, 0.15) is 0 Å². The maximum atomic E-state index is 13.1. The van der Waals surface area contributed by atoms with Crippen molar-refractivity contribution in [3.63, 3.8) is 0 Å². The van der Waals surface area contributed by atoms with Gasteiger partial charge < -0.3 is 20.2 Å². The minimum Gasteiger partial charge on any atom is -0.379 e. The lowest BCUT2D eigenvalue weighted by atomic mass is 9.95. The first-order valence-electron chi connectivity index (χ1n) is 11.3. The van der Waals surface area contributed by atoms with Gasteiger partial charge in [0, 0.05) is 71.9 Å². The maximum Gasteiger partial charge on any atom is 0.259 e. The molecular formula is C26H26N6O2S. The molecule has 0 fully saturated rings. The molecule has 2 amide bonds. The van der Waals surface area contributed by atoms with Gasteiger partial charge in [-0.05, 0) is 24.6 Å². The zero-order valence-electron chi connectivity index (χ0n) is 19.5. The third-order valence-electron chi connectivity index (χ3n) is 6.24. The number of aryl methyl sites for hydroxylation is 1. The number of nitrogens with two attached hydrogens (primary N) is 1. The van der Waals surface area contributed by atoms with Crippen molar-refractivity contribution in [3.8, 4) is 0 Å². The molecule has 0 aliphatic carbocycles. The number of amidine groups is 1. The van der Waals surface area contributed by atoms with Gasteiger partial charge in [0.15, 0.2) is 5.17 Å². The van der Waals surface area contributed by atoms with Crippen LogP contribution >= 0.6 is 11.8 Å². The molecule has 35 heavy (non-hydrogen) atoms. The van der Waals surface area contributed by atoms with E-state index >= 15 is 0 Å². The second-order valence-electron chi connectivity index (χ2n) is 8.68. The predicted octanol–water partition coefficient (Wildman–Crippen LogP) is 3.77. The van der Waals surface area contributed by atoms with E-state index in [4.69, 9.17) is 11.1 Å². The zero-order valence-corrected chi connectivity index (χ0v) is 20.3. The zero-order chi connectivity index (χ0) is 24.7. The molecule has 0 unspecified atom stereocenters. The number of aromatic amines is 1. The number of aromatic nitrogens is 2. The lowest BCUT2D eigenvalue weighted by molar-refractivity contribution is -0.122. The molecule has 4 aromatic rings. The molecule has 5 rings (SSSR count). The molecule has 0 radical (unpaired) electrons. The van der Waals surface area contributed by atoms with E-state index in [9.17, 15) is 9.59 Å². The first-order valence-corrected chi connectivity index (χ1v) is 12.3. The van der Waals surface area contributed by atoms with Gasteiger partial charge in [0.05, 0.1) is 16.7 Å². The molecule has 1 aliphatic heterocycles. The number of amides is 2. The lowest BCUT2D eigenvalue weighted by Gasteiger charge is -2.13. The van der Waals surface area contributed by atoms with Gasteiger partial charge in [-0.15, -0.1) is 0 Å². The third kappa shape index (κ3) is 4.08. The van der Waals surface area contributed by atoms with E-state index in [1.807, 2.05) is 61.6 Å². The summed E-state index contributed by atoms with van der Waals surface area (Å²) in [5.41, 5.74) is 10.6. The number of H-pyrrole nitrogens is 1. The van der Waals surface area contributed by atoms with Gasteiger partial charge in [-0.2, -0.15) is 0 Å². The first kappa shape index (κ1) is 22.8. The quantitative estimate of drug-likeness (QED) is 0.137. The minimum absolute atomic E-state index is 0.104. The molecule has 9 heteroatoms. The fourth-order valence-electron chi connectivity index (χ4n) is 4.61. The van der Waals surface area contributed by atoms with Crippen LogP contribution in [0.3, 0.4) is 0 Å². The van der Waals surface area contributed by atoms with Gasteiger partial charge >= 0.3 is 0 Å². The van der Waals surface area contributed by atoms with Gasteiger partial charge in [0.2, 0.25) is 0 Å². The minimum atomic E-state index is -0.391. The summed E-state index contributed by atoms with van der Waals surface area (Å²) in [6, 6.07) is 13.9. The summed E-state index contributed by atoms with van der Waals surface area (Å²) >= 11 is 1.31. The number of nitrogens with zero attached hydrogens (tertiary/aromatic N) is 2. The predicted molar refractivity (Wildman–Crippen MR) is 144 cm³/mol. The summed E-state index contributed by atoms with van der Waals surface area (Å²) in [4.78, 5) is 31.4. The number of hydrogen-bond donors (Lipinski definition) is 4. The Morgan fingerprint density at radius 1 is 1.06 bits per heavy atom. The molecule has 178 valence electrons. The smallest absolute Gasteiger partial charge is 0.259 e.